The van der Waals surface area contributed by atoms with Crippen molar-refractivity contribution in [3.63, 3.8) is 0 Å². The fourth-order valence-electron chi connectivity index (χ4n) is 4.63. The number of amides is 1. The molecule has 0 unspecified atom stereocenters. The minimum absolute atomic E-state index is 0.0127. The SMILES string of the molecule is CC(C)(C)[Si](OCCCCOCCn1cccc(CNC(=O)O)c1=O)(c1ccccc1)c1ccccc1. The third-order valence-electron chi connectivity index (χ3n) is 6.42. The van der Waals surface area contributed by atoms with Crippen LogP contribution >= 0.6 is 0 Å². The molecule has 0 spiro atoms. The second-order valence-corrected chi connectivity index (χ2v) is 14.3. The smallest absolute Gasteiger partial charge is 0.404 e. The fraction of sp³-hybridized carbons (Fsp3) is 0.379. The monoisotopic (exact) mass is 522 g/mol. The number of carboxylic acid groups (broad SMARTS) is 1. The van der Waals surface area contributed by atoms with Gasteiger partial charge in [-0.2, -0.15) is 0 Å². The van der Waals surface area contributed by atoms with Gasteiger partial charge >= 0.3 is 6.09 Å². The van der Waals surface area contributed by atoms with Crippen LogP contribution in [0.15, 0.2) is 83.8 Å². The maximum Gasteiger partial charge on any atom is 0.404 e. The van der Waals surface area contributed by atoms with E-state index in [1.165, 1.54) is 10.4 Å². The first kappa shape index (κ1) is 28.4. The molecule has 2 aromatic carbocycles. The predicted molar refractivity (Wildman–Crippen MR) is 149 cm³/mol. The number of hydrogen-bond donors (Lipinski definition) is 2. The van der Waals surface area contributed by atoms with Crippen molar-refractivity contribution < 1.29 is 19.1 Å². The molecule has 3 aromatic rings. The molecule has 8 heteroatoms. The van der Waals surface area contributed by atoms with Crippen molar-refractivity contribution in [2.24, 2.45) is 0 Å². The minimum Gasteiger partial charge on any atom is -0.465 e. The molecule has 198 valence electrons. The van der Waals surface area contributed by atoms with E-state index in [-0.39, 0.29) is 17.1 Å². The van der Waals surface area contributed by atoms with E-state index < -0.39 is 14.4 Å². The Morgan fingerprint density at radius 1 is 0.892 bits per heavy atom. The molecular weight excluding hydrogens is 484 g/mol. The molecule has 1 heterocycles. The number of carbonyl (C=O) groups is 1. The molecule has 0 aliphatic rings. The molecule has 3 rings (SSSR count). The van der Waals surface area contributed by atoms with Crippen molar-refractivity contribution >= 4 is 24.8 Å². The van der Waals surface area contributed by atoms with Gasteiger partial charge in [-0.3, -0.25) is 4.79 Å². The van der Waals surface area contributed by atoms with Crippen LogP contribution in [0.3, 0.4) is 0 Å². The van der Waals surface area contributed by atoms with Gasteiger partial charge < -0.3 is 24.2 Å². The summed E-state index contributed by atoms with van der Waals surface area (Å²) in [6, 6.07) is 24.6. The van der Waals surface area contributed by atoms with E-state index in [4.69, 9.17) is 14.3 Å². The number of benzene rings is 2. The van der Waals surface area contributed by atoms with Gasteiger partial charge in [0.25, 0.3) is 13.9 Å². The molecule has 0 aliphatic carbocycles. The van der Waals surface area contributed by atoms with Crippen molar-refractivity contribution in [2.75, 3.05) is 19.8 Å². The lowest BCUT2D eigenvalue weighted by atomic mass is 10.2. The Morgan fingerprint density at radius 3 is 2.05 bits per heavy atom. The first-order chi connectivity index (χ1) is 17.8. The summed E-state index contributed by atoms with van der Waals surface area (Å²) in [4.78, 5) is 23.1. The van der Waals surface area contributed by atoms with E-state index in [9.17, 15) is 9.59 Å². The third kappa shape index (κ3) is 7.41. The van der Waals surface area contributed by atoms with E-state index in [0.717, 1.165) is 12.8 Å². The van der Waals surface area contributed by atoms with Crippen molar-refractivity contribution in [3.8, 4) is 0 Å². The molecule has 0 bridgehead atoms. The van der Waals surface area contributed by atoms with Gasteiger partial charge in [-0.05, 0) is 34.3 Å². The number of rotatable bonds is 13. The van der Waals surface area contributed by atoms with Crippen LogP contribution in [0.2, 0.25) is 5.04 Å². The number of ether oxygens (including phenoxy) is 1. The molecule has 1 amide bonds. The van der Waals surface area contributed by atoms with Crippen molar-refractivity contribution in [1.82, 2.24) is 9.88 Å². The van der Waals surface area contributed by atoms with Gasteiger partial charge in [-0.1, -0.05) is 87.5 Å². The van der Waals surface area contributed by atoms with Gasteiger partial charge in [0.15, 0.2) is 0 Å². The molecule has 1 aromatic heterocycles. The van der Waals surface area contributed by atoms with Crippen LogP contribution in [0.25, 0.3) is 0 Å². The van der Waals surface area contributed by atoms with Gasteiger partial charge in [0.2, 0.25) is 0 Å². The largest absolute Gasteiger partial charge is 0.465 e. The van der Waals surface area contributed by atoms with Gasteiger partial charge in [-0.15, -0.1) is 0 Å². The summed E-state index contributed by atoms with van der Waals surface area (Å²) in [5.41, 5.74) is 0.198. The van der Waals surface area contributed by atoms with Gasteiger partial charge in [0.1, 0.15) is 0 Å². The summed E-state index contributed by atoms with van der Waals surface area (Å²) in [6.07, 6.45) is 2.27. The summed E-state index contributed by atoms with van der Waals surface area (Å²) < 4.78 is 14.2. The third-order valence-corrected chi connectivity index (χ3v) is 11.5. The molecule has 0 fully saturated rings. The molecule has 0 atom stereocenters. The zero-order chi connectivity index (χ0) is 26.7. The normalized spacial score (nSPS) is 11.9. The molecule has 0 radical (unpaired) electrons. The lowest BCUT2D eigenvalue weighted by molar-refractivity contribution is 0.118. The zero-order valence-corrected chi connectivity index (χ0v) is 23.0. The van der Waals surface area contributed by atoms with Crippen molar-refractivity contribution in [2.45, 2.75) is 51.7 Å². The standard InChI is InChI=1S/C29H38N2O5Si/c1-29(2,3)37(25-14-6-4-7-15-25,26-16-8-5-9-17-26)36-21-11-10-20-35-22-19-31-18-12-13-24(27(31)32)23-30-28(33)34/h4-9,12-18,30H,10-11,19-23H2,1-3H3,(H,33,34). The predicted octanol–water partition coefficient (Wildman–Crippen LogP) is 3.99. The second-order valence-electron chi connectivity index (χ2n) is 10.0. The van der Waals surface area contributed by atoms with Gasteiger partial charge in [0.05, 0.1) is 13.2 Å². The Hall–Kier alpha value is -3.20. The van der Waals surface area contributed by atoms with Crippen LogP contribution < -0.4 is 21.2 Å². The Kier molecular flexibility index (Phi) is 10.3. The van der Waals surface area contributed by atoms with E-state index in [2.05, 4.69) is 74.6 Å². The van der Waals surface area contributed by atoms with E-state index in [1.807, 2.05) is 12.1 Å². The number of unbranched alkanes of at least 4 members (excludes halogenated alkanes) is 1. The van der Waals surface area contributed by atoms with E-state index >= 15 is 0 Å². The number of nitrogens with zero attached hydrogens (tertiary/aromatic N) is 1. The Morgan fingerprint density at radius 2 is 1.49 bits per heavy atom. The maximum absolute atomic E-state index is 12.5. The van der Waals surface area contributed by atoms with Crippen LogP contribution in [0.4, 0.5) is 4.79 Å². The summed E-state index contributed by atoms with van der Waals surface area (Å²) in [5, 5.41) is 13.5. The second kappa shape index (κ2) is 13.4. The summed E-state index contributed by atoms with van der Waals surface area (Å²) in [7, 11) is -2.52. The first-order valence-corrected chi connectivity index (χ1v) is 14.6. The lowest BCUT2D eigenvalue weighted by Gasteiger charge is -2.43. The average molecular weight is 523 g/mol. The fourth-order valence-corrected chi connectivity index (χ4v) is 9.23. The minimum atomic E-state index is -2.52. The lowest BCUT2D eigenvalue weighted by Crippen LogP contribution is -2.66. The van der Waals surface area contributed by atoms with Gasteiger partial charge in [0, 0.05) is 31.5 Å². The Labute approximate surface area is 220 Å². The summed E-state index contributed by atoms with van der Waals surface area (Å²) in [5.74, 6) is 0. The highest BCUT2D eigenvalue weighted by Gasteiger charge is 2.49. The van der Waals surface area contributed by atoms with Crippen molar-refractivity contribution in [3.05, 3.63) is 94.9 Å². The van der Waals surface area contributed by atoms with Crippen LogP contribution in [-0.4, -0.2) is 43.9 Å². The number of aromatic nitrogens is 1. The van der Waals surface area contributed by atoms with E-state index in [0.29, 0.717) is 31.9 Å². The number of hydrogen-bond acceptors (Lipinski definition) is 4. The zero-order valence-electron chi connectivity index (χ0n) is 22.0. The highest BCUT2D eigenvalue weighted by Crippen LogP contribution is 2.36. The van der Waals surface area contributed by atoms with Crippen LogP contribution in [0.1, 0.15) is 39.2 Å². The Bertz CT molecular complexity index is 1140. The topological polar surface area (TPSA) is 89.8 Å². The summed E-state index contributed by atoms with van der Waals surface area (Å²) in [6.45, 7) is 8.86. The van der Waals surface area contributed by atoms with Gasteiger partial charge in [-0.25, -0.2) is 4.79 Å². The quantitative estimate of drug-likeness (QED) is 0.262. The highest BCUT2D eigenvalue weighted by molar-refractivity contribution is 6.99. The molecular formula is C29H38N2O5Si. The first-order valence-electron chi connectivity index (χ1n) is 12.7. The van der Waals surface area contributed by atoms with Crippen LogP contribution in [0.5, 0.6) is 0 Å². The number of nitrogens with one attached hydrogen (secondary N) is 1. The average Bonchev–Trinajstić information content (AvgIpc) is 2.88. The summed E-state index contributed by atoms with van der Waals surface area (Å²) >= 11 is 0. The number of pyridine rings is 1. The molecule has 7 nitrogen and oxygen atoms in total. The maximum atomic E-state index is 12.5. The molecule has 0 aliphatic heterocycles. The van der Waals surface area contributed by atoms with Crippen LogP contribution in [0, 0.1) is 0 Å². The molecule has 0 saturated carbocycles. The Balaban J connectivity index is 1.52. The highest BCUT2D eigenvalue weighted by atomic mass is 28.4. The molecule has 37 heavy (non-hydrogen) atoms. The molecule has 0 saturated heterocycles. The van der Waals surface area contributed by atoms with Crippen molar-refractivity contribution in [1.29, 1.82) is 0 Å². The van der Waals surface area contributed by atoms with Crippen LogP contribution in [-0.2, 0) is 22.3 Å². The molecule has 2 N–H and O–H groups in total. The van der Waals surface area contributed by atoms with E-state index in [1.54, 1.807) is 22.9 Å².